The van der Waals surface area contributed by atoms with Crippen LogP contribution >= 0.6 is 11.6 Å². The van der Waals surface area contributed by atoms with E-state index in [4.69, 9.17) is 16.3 Å². The highest BCUT2D eigenvalue weighted by Crippen LogP contribution is 2.29. The van der Waals surface area contributed by atoms with Gasteiger partial charge in [0.2, 0.25) is 0 Å². The highest BCUT2D eigenvalue weighted by molar-refractivity contribution is 6.32. The second-order valence-corrected chi connectivity index (χ2v) is 5.97. The topological polar surface area (TPSA) is 72.7 Å². The van der Waals surface area contributed by atoms with E-state index in [0.29, 0.717) is 5.75 Å². The number of carbonyl (C=O) groups excluding carboxylic acids is 1. The summed E-state index contributed by atoms with van der Waals surface area (Å²) in [6.45, 7) is 9.40. The third kappa shape index (κ3) is 4.34. The summed E-state index contributed by atoms with van der Waals surface area (Å²) in [5.74, 6) is 0.184. The molecule has 1 unspecified atom stereocenters. The molecule has 0 radical (unpaired) electrons. The van der Waals surface area contributed by atoms with Crippen LogP contribution in [-0.2, 0) is 4.79 Å². The van der Waals surface area contributed by atoms with E-state index in [1.807, 2.05) is 27.7 Å². The Morgan fingerprint density at radius 3 is 2.18 bits per heavy atom. The number of nitrogens with zero attached hydrogens (tertiary/aromatic N) is 2. The van der Waals surface area contributed by atoms with Gasteiger partial charge in [-0.25, -0.2) is 0 Å². The van der Waals surface area contributed by atoms with Gasteiger partial charge in [-0.3, -0.25) is 14.9 Å². The van der Waals surface area contributed by atoms with Crippen molar-refractivity contribution in [3.63, 3.8) is 0 Å². The van der Waals surface area contributed by atoms with Crippen LogP contribution in [0.25, 0.3) is 0 Å². The Bertz CT molecular complexity index is 552. The molecule has 22 heavy (non-hydrogen) atoms. The summed E-state index contributed by atoms with van der Waals surface area (Å²) >= 11 is 5.83. The fourth-order valence-electron chi connectivity index (χ4n) is 2.28. The number of benzene rings is 1. The third-order valence-electron chi connectivity index (χ3n) is 3.14. The Labute approximate surface area is 135 Å². The summed E-state index contributed by atoms with van der Waals surface area (Å²) in [6.07, 6.45) is -0.706. The maximum atomic E-state index is 12.5. The predicted molar refractivity (Wildman–Crippen MR) is 85.3 cm³/mol. The Morgan fingerprint density at radius 2 is 1.77 bits per heavy atom. The molecule has 0 aliphatic carbocycles. The molecule has 0 saturated heterocycles. The molecule has 0 N–H and O–H groups in total. The maximum absolute atomic E-state index is 12.5. The van der Waals surface area contributed by atoms with Gasteiger partial charge in [0.05, 0.1) is 4.92 Å². The van der Waals surface area contributed by atoms with Gasteiger partial charge in [0.15, 0.2) is 6.10 Å². The molecule has 0 saturated carbocycles. The van der Waals surface area contributed by atoms with Crippen molar-refractivity contribution in [3.8, 4) is 5.75 Å². The van der Waals surface area contributed by atoms with Crippen molar-refractivity contribution in [2.45, 2.75) is 52.8 Å². The Kier molecular flexibility index (Phi) is 6.17. The van der Waals surface area contributed by atoms with Crippen LogP contribution in [-0.4, -0.2) is 33.9 Å². The lowest BCUT2D eigenvalue weighted by Gasteiger charge is -2.33. The predicted octanol–water partition coefficient (Wildman–Crippen LogP) is 3.66. The first-order valence-corrected chi connectivity index (χ1v) is 7.45. The van der Waals surface area contributed by atoms with Crippen molar-refractivity contribution in [2.75, 3.05) is 0 Å². The number of carbonyl (C=O) groups is 1. The summed E-state index contributed by atoms with van der Waals surface area (Å²) in [7, 11) is 0. The number of hydrogen-bond acceptors (Lipinski definition) is 4. The number of ether oxygens (including phenoxy) is 1. The first-order chi connectivity index (χ1) is 10.1. The second-order valence-electron chi connectivity index (χ2n) is 5.56. The lowest BCUT2D eigenvalue weighted by Crippen LogP contribution is -2.47. The molecule has 0 spiro atoms. The Hall–Kier alpha value is -1.82. The second kappa shape index (κ2) is 7.45. The summed E-state index contributed by atoms with van der Waals surface area (Å²) in [5, 5.41) is 10.7. The van der Waals surface area contributed by atoms with E-state index in [2.05, 4.69) is 0 Å². The van der Waals surface area contributed by atoms with Crippen molar-refractivity contribution in [2.24, 2.45) is 0 Å². The van der Waals surface area contributed by atoms with E-state index >= 15 is 0 Å². The molecule has 0 fully saturated rings. The van der Waals surface area contributed by atoms with Gasteiger partial charge in [-0.1, -0.05) is 11.6 Å². The van der Waals surface area contributed by atoms with Gasteiger partial charge in [0.1, 0.15) is 10.8 Å². The molecule has 6 nitrogen and oxygen atoms in total. The molecule has 122 valence electrons. The molecule has 0 bridgehead atoms. The standard InChI is InChI=1S/C15H21ClN2O4/c1-9(2)17(10(3)4)15(19)11(5)22-12-6-7-14(18(20)21)13(16)8-12/h6-11H,1-5H3. The van der Waals surface area contributed by atoms with E-state index in [0.717, 1.165) is 0 Å². The summed E-state index contributed by atoms with van der Waals surface area (Å²) < 4.78 is 5.57. The lowest BCUT2D eigenvalue weighted by atomic mass is 10.2. The van der Waals surface area contributed by atoms with Crippen molar-refractivity contribution in [1.29, 1.82) is 0 Å². The zero-order chi connectivity index (χ0) is 17.0. The molecule has 0 aromatic heterocycles. The molecule has 7 heteroatoms. The van der Waals surface area contributed by atoms with Gasteiger partial charge in [0, 0.05) is 24.2 Å². The Morgan fingerprint density at radius 1 is 1.23 bits per heavy atom. The largest absolute Gasteiger partial charge is 0.481 e. The number of amides is 1. The highest BCUT2D eigenvalue weighted by atomic mass is 35.5. The molecular formula is C15H21ClN2O4. The van der Waals surface area contributed by atoms with Crippen LogP contribution in [0, 0.1) is 10.1 Å². The fourth-order valence-corrected chi connectivity index (χ4v) is 2.52. The monoisotopic (exact) mass is 328 g/mol. The molecule has 1 atom stereocenters. The average molecular weight is 329 g/mol. The molecule has 0 heterocycles. The van der Waals surface area contributed by atoms with Crippen LogP contribution < -0.4 is 4.74 Å². The van der Waals surface area contributed by atoms with E-state index in [1.54, 1.807) is 11.8 Å². The van der Waals surface area contributed by atoms with Crippen LogP contribution in [0.5, 0.6) is 5.75 Å². The highest BCUT2D eigenvalue weighted by Gasteiger charge is 2.26. The minimum absolute atomic E-state index is 0.0216. The van der Waals surface area contributed by atoms with Crippen LogP contribution in [0.2, 0.25) is 5.02 Å². The van der Waals surface area contributed by atoms with Crippen molar-refractivity contribution < 1.29 is 14.5 Å². The van der Waals surface area contributed by atoms with Crippen LogP contribution in [0.15, 0.2) is 18.2 Å². The summed E-state index contributed by atoms with van der Waals surface area (Å²) in [5.41, 5.74) is -0.195. The van der Waals surface area contributed by atoms with Gasteiger partial charge in [0.25, 0.3) is 11.6 Å². The van der Waals surface area contributed by atoms with E-state index in [9.17, 15) is 14.9 Å². The number of nitro benzene ring substituents is 1. The molecule has 1 amide bonds. The molecule has 1 aromatic carbocycles. The average Bonchev–Trinajstić information content (AvgIpc) is 2.37. The van der Waals surface area contributed by atoms with E-state index in [-0.39, 0.29) is 28.7 Å². The van der Waals surface area contributed by atoms with Crippen molar-refractivity contribution >= 4 is 23.2 Å². The zero-order valence-corrected chi connectivity index (χ0v) is 14.1. The molecule has 0 aliphatic rings. The van der Waals surface area contributed by atoms with E-state index < -0.39 is 11.0 Å². The van der Waals surface area contributed by atoms with Gasteiger partial charge in [-0.2, -0.15) is 0 Å². The van der Waals surface area contributed by atoms with Crippen molar-refractivity contribution in [3.05, 3.63) is 33.3 Å². The summed E-state index contributed by atoms with van der Waals surface area (Å²) in [4.78, 5) is 24.3. The summed E-state index contributed by atoms with van der Waals surface area (Å²) in [6, 6.07) is 4.15. The van der Waals surface area contributed by atoms with Gasteiger partial charge < -0.3 is 9.64 Å². The SMILES string of the molecule is CC(Oc1ccc([N+](=O)[O-])c(Cl)c1)C(=O)N(C(C)C)C(C)C. The van der Waals surface area contributed by atoms with Crippen LogP contribution in [0.1, 0.15) is 34.6 Å². The normalized spacial score (nSPS) is 12.4. The third-order valence-corrected chi connectivity index (χ3v) is 3.45. The van der Waals surface area contributed by atoms with E-state index in [1.165, 1.54) is 18.2 Å². The van der Waals surface area contributed by atoms with Gasteiger partial charge in [-0.05, 0) is 40.7 Å². The quantitative estimate of drug-likeness (QED) is 0.590. The van der Waals surface area contributed by atoms with Gasteiger partial charge in [-0.15, -0.1) is 0 Å². The molecular weight excluding hydrogens is 308 g/mol. The smallest absolute Gasteiger partial charge is 0.288 e. The molecule has 0 aliphatic heterocycles. The Balaban J connectivity index is 2.88. The number of hydrogen-bond donors (Lipinski definition) is 0. The number of halogens is 1. The zero-order valence-electron chi connectivity index (χ0n) is 13.4. The minimum atomic E-state index is -0.706. The number of nitro groups is 1. The van der Waals surface area contributed by atoms with Crippen molar-refractivity contribution in [1.82, 2.24) is 4.90 Å². The molecule has 1 aromatic rings. The fraction of sp³-hybridized carbons (Fsp3) is 0.533. The minimum Gasteiger partial charge on any atom is -0.481 e. The maximum Gasteiger partial charge on any atom is 0.288 e. The first-order valence-electron chi connectivity index (χ1n) is 7.08. The molecule has 1 rings (SSSR count). The van der Waals surface area contributed by atoms with Crippen LogP contribution in [0.3, 0.4) is 0 Å². The van der Waals surface area contributed by atoms with Crippen LogP contribution in [0.4, 0.5) is 5.69 Å². The lowest BCUT2D eigenvalue weighted by molar-refractivity contribution is -0.384. The first kappa shape index (κ1) is 18.2. The van der Waals surface area contributed by atoms with Gasteiger partial charge >= 0.3 is 0 Å². The number of rotatable bonds is 6.